The standard InChI is InChI=1S/C19H30O2/c1-3-10-18-12-13-19(11-4-2,17(21)16(18)20)15-9-7-5-6-8-14(15)18/h14-15H,3-13H2,1-2H3. The SMILES string of the molecule is CCCC12CCC(CCC)(C(=O)C1=O)C1CCCCCC12. The van der Waals surface area contributed by atoms with Gasteiger partial charge in [-0.15, -0.1) is 0 Å². The Balaban J connectivity index is 2.07. The minimum absolute atomic E-state index is 0.0344. The molecule has 0 N–H and O–H groups in total. The van der Waals surface area contributed by atoms with Crippen LogP contribution < -0.4 is 0 Å². The summed E-state index contributed by atoms with van der Waals surface area (Å²) in [7, 11) is 0. The fourth-order valence-corrected chi connectivity index (χ4v) is 6.20. The second-order valence-corrected chi connectivity index (χ2v) is 7.82. The molecule has 4 fully saturated rings. The van der Waals surface area contributed by atoms with Crippen molar-refractivity contribution in [3.05, 3.63) is 0 Å². The number of ketones is 2. The minimum Gasteiger partial charge on any atom is -0.290 e. The molecule has 0 amide bonds. The summed E-state index contributed by atoms with van der Waals surface area (Å²) in [6, 6.07) is 0. The smallest absolute Gasteiger partial charge is 0.205 e. The Bertz CT molecular complexity index is 401. The topological polar surface area (TPSA) is 34.1 Å². The molecule has 0 spiro atoms. The summed E-state index contributed by atoms with van der Waals surface area (Å²) in [4.78, 5) is 26.0. The third-order valence-electron chi connectivity index (χ3n) is 6.96. The summed E-state index contributed by atoms with van der Waals surface area (Å²) >= 11 is 0. The Morgan fingerprint density at radius 2 is 1.24 bits per heavy atom. The summed E-state index contributed by atoms with van der Waals surface area (Å²) in [5.74, 6) is 1.08. The van der Waals surface area contributed by atoms with Crippen LogP contribution in [-0.4, -0.2) is 11.6 Å². The largest absolute Gasteiger partial charge is 0.290 e. The van der Waals surface area contributed by atoms with E-state index in [0.717, 1.165) is 38.5 Å². The van der Waals surface area contributed by atoms with Crippen LogP contribution in [0, 0.1) is 22.7 Å². The van der Waals surface area contributed by atoms with Gasteiger partial charge in [-0.2, -0.15) is 0 Å². The Morgan fingerprint density at radius 1 is 0.810 bits per heavy atom. The van der Waals surface area contributed by atoms with Gasteiger partial charge < -0.3 is 0 Å². The molecule has 118 valence electrons. The molecule has 2 nitrogen and oxygen atoms in total. The predicted octanol–water partition coefficient (Wildman–Crippen LogP) is 4.70. The number of carbonyl (C=O) groups excluding carboxylic acids is 2. The van der Waals surface area contributed by atoms with Gasteiger partial charge in [0, 0.05) is 10.8 Å². The van der Waals surface area contributed by atoms with E-state index in [1.807, 2.05) is 0 Å². The van der Waals surface area contributed by atoms with E-state index in [1.54, 1.807) is 0 Å². The van der Waals surface area contributed by atoms with Crippen LogP contribution in [-0.2, 0) is 9.59 Å². The Labute approximate surface area is 129 Å². The first-order valence-electron chi connectivity index (χ1n) is 9.21. The third kappa shape index (κ3) is 1.97. The van der Waals surface area contributed by atoms with Gasteiger partial charge in [-0.05, 0) is 50.4 Å². The van der Waals surface area contributed by atoms with E-state index in [0.29, 0.717) is 11.8 Å². The molecule has 0 aliphatic heterocycles. The van der Waals surface area contributed by atoms with E-state index in [4.69, 9.17) is 0 Å². The van der Waals surface area contributed by atoms with Crippen molar-refractivity contribution in [2.75, 3.05) is 0 Å². The average molecular weight is 290 g/mol. The van der Waals surface area contributed by atoms with E-state index in [1.165, 1.54) is 32.1 Å². The molecular weight excluding hydrogens is 260 g/mol. The van der Waals surface area contributed by atoms with Crippen LogP contribution in [0.15, 0.2) is 0 Å². The lowest BCUT2D eigenvalue weighted by Crippen LogP contribution is -2.64. The number of hydrogen-bond acceptors (Lipinski definition) is 2. The van der Waals surface area contributed by atoms with Crippen LogP contribution in [0.25, 0.3) is 0 Å². The van der Waals surface area contributed by atoms with Crippen molar-refractivity contribution in [1.82, 2.24) is 0 Å². The third-order valence-corrected chi connectivity index (χ3v) is 6.96. The zero-order valence-electron chi connectivity index (χ0n) is 13.7. The number of hydrogen-bond donors (Lipinski definition) is 0. The zero-order chi connectivity index (χ0) is 15.1. The molecule has 21 heavy (non-hydrogen) atoms. The van der Waals surface area contributed by atoms with E-state index in [2.05, 4.69) is 13.8 Å². The van der Waals surface area contributed by atoms with Crippen LogP contribution in [0.2, 0.25) is 0 Å². The molecule has 0 radical (unpaired) electrons. The van der Waals surface area contributed by atoms with E-state index < -0.39 is 0 Å². The van der Waals surface area contributed by atoms with Crippen LogP contribution in [0.5, 0.6) is 0 Å². The molecule has 0 aromatic rings. The molecule has 2 bridgehead atoms. The van der Waals surface area contributed by atoms with Gasteiger partial charge in [0.25, 0.3) is 0 Å². The highest BCUT2D eigenvalue weighted by molar-refractivity contribution is 6.42. The zero-order valence-corrected chi connectivity index (χ0v) is 13.7. The van der Waals surface area contributed by atoms with Gasteiger partial charge in [-0.3, -0.25) is 9.59 Å². The van der Waals surface area contributed by atoms with Crippen molar-refractivity contribution in [1.29, 1.82) is 0 Å². The van der Waals surface area contributed by atoms with Crippen LogP contribution in [0.4, 0.5) is 0 Å². The van der Waals surface area contributed by atoms with Gasteiger partial charge in [-0.25, -0.2) is 0 Å². The predicted molar refractivity (Wildman–Crippen MR) is 84.0 cm³/mol. The maximum atomic E-state index is 13.0. The normalized spacial score (nSPS) is 42.8. The molecule has 4 unspecified atom stereocenters. The van der Waals surface area contributed by atoms with Crippen LogP contribution in [0.1, 0.15) is 84.5 Å². The monoisotopic (exact) mass is 290 g/mol. The second-order valence-electron chi connectivity index (χ2n) is 7.82. The van der Waals surface area contributed by atoms with Gasteiger partial charge in [0.05, 0.1) is 0 Å². The Kier molecular flexibility index (Phi) is 4.00. The van der Waals surface area contributed by atoms with Crippen molar-refractivity contribution in [2.45, 2.75) is 84.5 Å². The van der Waals surface area contributed by atoms with Gasteiger partial charge in [0.2, 0.25) is 11.6 Å². The van der Waals surface area contributed by atoms with Crippen LogP contribution >= 0.6 is 0 Å². The van der Waals surface area contributed by atoms with Crippen molar-refractivity contribution < 1.29 is 9.59 Å². The fourth-order valence-electron chi connectivity index (χ4n) is 6.20. The fraction of sp³-hybridized carbons (Fsp3) is 0.895. The van der Waals surface area contributed by atoms with E-state index in [9.17, 15) is 9.59 Å². The van der Waals surface area contributed by atoms with Gasteiger partial charge in [-0.1, -0.05) is 46.0 Å². The number of Topliss-reactive ketones (excluding diaryl/α,β-unsaturated/α-hetero) is 2. The summed E-state index contributed by atoms with van der Waals surface area (Å²) in [6.07, 6.45) is 12.1. The molecule has 2 heteroatoms. The highest BCUT2D eigenvalue weighted by Crippen LogP contribution is 2.65. The highest BCUT2D eigenvalue weighted by Gasteiger charge is 2.67. The lowest BCUT2D eigenvalue weighted by Gasteiger charge is -2.60. The number of fused-ring (bicyclic) bond motifs is 2. The minimum atomic E-state index is -0.268. The Morgan fingerprint density at radius 3 is 1.62 bits per heavy atom. The molecular formula is C19H30O2. The van der Waals surface area contributed by atoms with Crippen molar-refractivity contribution in [3.63, 3.8) is 0 Å². The summed E-state index contributed by atoms with van der Waals surface area (Å²) in [5, 5.41) is 0. The van der Waals surface area contributed by atoms with Crippen molar-refractivity contribution in [2.24, 2.45) is 22.7 Å². The first-order valence-corrected chi connectivity index (χ1v) is 9.21. The summed E-state index contributed by atoms with van der Waals surface area (Å²) in [5.41, 5.74) is -0.535. The molecule has 4 atom stereocenters. The summed E-state index contributed by atoms with van der Waals surface area (Å²) in [6.45, 7) is 4.33. The van der Waals surface area contributed by atoms with E-state index in [-0.39, 0.29) is 22.4 Å². The Hall–Kier alpha value is -0.660. The van der Waals surface area contributed by atoms with E-state index >= 15 is 0 Å². The van der Waals surface area contributed by atoms with Crippen LogP contribution in [0.3, 0.4) is 0 Å². The molecule has 4 aliphatic carbocycles. The average Bonchev–Trinajstić information content (AvgIpc) is 2.74. The maximum absolute atomic E-state index is 13.0. The molecule has 0 saturated heterocycles. The lowest BCUT2D eigenvalue weighted by molar-refractivity contribution is -0.178. The first-order chi connectivity index (χ1) is 10.1. The molecule has 4 rings (SSSR count). The first kappa shape index (κ1) is 15.2. The van der Waals surface area contributed by atoms with Gasteiger partial charge >= 0.3 is 0 Å². The quantitative estimate of drug-likeness (QED) is 0.703. The number of carbonyl (C=O) groups is 2. The van der Waals surface area contributed by atoms with Crippen molar-refractivity contribution in [3.8, 4) is 0 Å². The van der Waals surface area contributed by atoms with Gasteiger partial charge in [0.1, 0.15) is 0 Å². The maximum Gasteiger partial charge on any atom is 0.205 e. The van der Waals surface area contributed by atoms with Crippen molar-refractivity contribution >= 4 is 11.6 Å². The lowest BCUT2D eigenvalue weighted by atomic mass is 9.41. The molecule has 0 aromatic heterocycles. The number of rotatable bonds is 4. The molecule has 0 aromatic carbocycles. The summed E-state index contributed by atoms with van der Waals surface area (Å²) < 4.78 is 0. The second kappa shape index (κ2) is 5.52. The highest BCUT2D eigenvalue weighted by atomic mass is 16.2. The molecule has 0 heterocycles. The molecule has 4 saturated carbocycles. The van der Waals surface area contributed by atoms with Gasteiger partial charge in [0.15, 0.2) is 0 Å². The molecule has 4 aliphatic rings.